The fraction of sp³-hybridized carbons (Fsp3) is 0. The van der Waals surface area contributed by atoms with Crippen molar-refractivity contribution in [1.29, 1.82) is 0 Å². The molecule has 0 aromatic carbocycles. The number of amidine groups is 1. The second-order valence-electron chi connectivity index (χ2n) is 1.86. The Morgan fingerprint density at radius 3 is 3.00 bits per heavy atom. The lowest BCUT2D eigenvalue weighted by atomic mass is 10.5. The van der Waals surface area contributed by atoms with Crippen molar-refractivity contribution in [3.63, 3.8) is 0 Å². The second-order valence-corrected chi connectivity index (χ2v) is 2.76. The van der Waals surface area contributed by atoms with E-state index < -0.39 is 0 Å². The van der Waals surface area contributed by atoms with Gasteiger partial charge >= 0.3 is 0 Å². The number of nitrogens with zero attached hydrogens (tertiary/aromatic N) is 2. The number of anilines is 1. The summed E-state index contributed by atoms with van der Waals surface area (Å²) >= 11 is 1.51. The van der Waals surface area contributed by atoms with E-state index in [-0.39, 0.29) is 0 Å². The van der Waals surface area contributed by atoms with Crippen molar-refractivity contribution >= 4 is 22.3 Å². The molecule has 62 valence electrons. The Bertz CT molecular complexity index is 287. The fourth-order valence-corrected chi connectivity index (χ4v) is 1.16. The van der Waals surface area contributed by atoms with Crippen LogP contribution in [-0.4, -0.2) is 10.8 Å². The standard InChI is InChI=1S/C8H9N3S/c1-3-7(9-4-2)11-8-10-5-6-12-8/h3-6H,1-2H2,(H,9,10,11). The molecule has 1 aromatic heterocycles. The van der Waals surface area contributed by atoms with Gasteiger partial charge in [0.05, 0.1) is 0 Å². The summed E-state index contributed by atoms with van der Waals surface area (Å²) in [5, 5.41) is 5.66. The molecule has 0 saturated carbocycles. The van der Waals surface area contributed by atoms with Crippen LogP contribution in [0.25, 0.3) is 0 Å². The second kappa shape index (κ2) is 4.46. The van der Waals surface area contributed by atoms with Gasteiger partial charge in [-0.05, 0) is 6.08 Å². The molecule has 0 radical (unpaired) electrons. The van der Waals surface area contributed by atoms with Crippen LogP contribution in [-0.2, 0) is 0 Å². The summed E-state index contributed by atoms with van der Waals surface area (Å²) in [4.78, 5) is 7.97. The van der Waals surface area contributed by atoms with Crippen LogP contribution >= 0.6 is 11.3 Å². The normalized spacial score (nSPS) is 10.8. The van der Waals surface area contributed by atoms with Crippen LogP contribution < -0.4 is 5.32 Å². The molecule has 1 heterocycles. The highest BCUT2D eigenvalue weighted by atomic mass is 32.1. The van der Waals surface area contributed by atoms with Crippen molar-refractivity contribution in [3.05, 3.63) is 37.0 Å². The number of hydrogen-bond donors (Lipinski definition) is 1. The van der Waals surface area contributed by atoms with Crippen molar-refractivity contribution in [2.24, 2.45) is 4.99 Å². The molecule has 0 amide bonds. The van der Waals surface area contributed by atoms with Gasteiger partial charge in [0, 0.05) is 17.8 Å². The summed E-state index contributed by atoms with van der Waals surface area (Å²) in [6.07, 6.45) is 4.79. The molecule has 0 saturated heterocycles. The molecular weight excluding hydrogens is 170 g/mol. The number of aromatic nitrogens is 1. The van der Waals surface area contributed by atoms with E-state index in [1.54, 1.807) is 12.3 Å². The molecule has 1 N–H and O–H groups in total. The molecule has 0 fully saturated rings. The summed E-state index contributed by atoms with van der Waals surface area (Å²) in [5.74, 6) is 0.653. The van der Waals surface area contributed by atoms with Gasteiger partial charge in [-0.3, -0.25) is 0 Å². The quantitative estimate of drug-likeness (QED) is 0.571. The highest BCUT2D eigenvalue weighted by Gasteiger charge is 1.95. The molecule has 0 spiro atoms. The summed E-state index contributed by atoms with van der Waals surface area (Å²) in [5.41, 5.74) is 0. The smallest absolute Gasteiger partial charge is 0.188 e. The van der Waals surface area contributed by atoms with E-state index >= 15 is 0 Å². The van der Waals surface area contributed by atoms with Gasteiger partial charge in [0.25, 0.3) is 0 Å². The molecule has 0 bridgehead atoms. The zero-order valence-corrected chi connectivity index (χ0v) is 7.34. The number of aliphatic imine (C=N–C) groups is 1. The monoisotopic (exact) mass is 179 g/mol. The van der Waals surface area contributed by atoms with Crippen LogP contribution in [0.15, 0.2) is 42.0 Å². The molecule has 0 aliphatic carbocycles. The average Bonchev–Trinajstić information content (AvgIpc) is 2.56. The molecule has 0 aliphatic heterocycles. The molecular formula is C8H9N3S. The lowest BCUT2D eigenvalue weighted by molar-refractivity contribution is 1.40. The van der Waals surface area contributed by atoms with Crippen LogP contribution in [0.3, 0.4) is 0 Å². The molecule has 0 aliphatic rings. The number of rotatable bonds is 3. The summed E-state index contributed by atoms with van der Waals surface area (Å²) in [7, 11) is 0. The van der Waals surface area contributed by atoms with Gasteiger partial charge in [0.1, 0.15) is 5.84 Å². The first-order chi connectivity index (χ1) is 5.86. The summed E-state index contributed by atoms with van der Waals surface area (Å²) in [6, 6.07) is 0. The first kappa shape index (κ1) is 8.67. The van der Waals surface area contributed by atoms with Crippen LogP contribution in [0.1, 0.15) is 0 Å². The average molecular weight is 179 g/mol. The Morgan fingerprint density at radius 1 is 1.67 bits per heavy atom. The maximum absolute atomic E-state index is 4.03. The van der Waals surface area contributed by atoms with Crippen LogP contribution in [0.5, 0.6) is 0 Å². The predicted octanol–water partition coefficient (Wildman–Crippen LogP) is 2.28. The molecule has 0 atom stereocenters. The minimum absolute atomic E-state index is 0.653. The van der Waals surface area contributed by atoms with Crippen molar-refractivity contribution in [3.8, 4) is 0 Å². The number of thiazole rings is 1. The van der Waals surface area contributed by atoms with Crippen molar-refractivity contribution in [2.75, 3.05) is 5.32 Å². The zero-order valence-electron chi connectivity index (χ0n) is 6.53. The highest BCUT2D eigenvalue weighted by Crippen LogP contribution is 2.10. The van der Waals surface area contributed by atoms with Crippen LogP contribution in [0.2, 0.25) is 0 Å². The predicted molar refractivity (Wildman–Crippen MR) is 53.6 cm³/mol. The summed E-state index contributed by atoms with van der Waals surface area (Å²) in [6.45, 7) is 7.08. The Labute approximate surface area is 75.2 Å². The van der Waals surface area contributed by atoms with Gasteiger partial charge in [-0.2, -0.15) is 0 Å². The van der Waals surface area contributed by atoms with Gasteiger partial charge in [0.15, 0.2) is 5.13 Å². The Kier molecular flexibility index (Phi) is 3.22. The van der Waals surface area contributed by atoms with E-state index in [9.17, 15) is 0 Å². The summed E-state index contributed by atoms with van der Waals surface area (Å²) < 4.78 is 0. The third-order valence-electron chi connectivity index (χ3n) is 1.09. The van der Waals surface area contributed by atoms with Gasteiger partial charge in [-0.25, -0.2) is 9.98 Å². The Hall–Kier alpha value is -1.42. The van der Waals surface area contributed by atoms with E-state index in [1.807, 2.05) is 5.38 Å². The number of hydrogen-bond acceptors (Lipinski definition) is 3. The molecule has 12 heavy (non-hydrogen) atoms. The largest absolute Gasteiger partial charge is 0.316 e. The van der Waals surface area contributed by atoms with Crippen molar-refractivity contribution in [2.45, 2.75) is 0 Å². The number of nitrogens with one attached hydrogen (secondary N) is 1. The van der Waals surface area contributed by atoms with Crippen molar-refractivity contribution in [1.82, 2.24) is 4.98 Å². The van der Waals surface area contributed by atoms with E-state index in [1.165, 1.54) is 17.5 Å². The first-order valence-corrected chi connectivity index (χ1v) is 4.22. The lowest BCUT2D eigenvalue weighted by Crippen LogP contribution is -2.07. The van der Waals surface area contributed by atoms with E-state index in [2.05, 4.69) is 28.5 Å². The molecule has 1 rings (SSSR count). The van der Waals surface area contributed by atoms with Crippen molar-refractivity contribution < 1.29 is 0 Å². The fourth-order valence-electron chi connectivity index (χ4n) is 0.629. The molecule has 3 nitrogen and oxygen atoms in total. The maximum atomic E-state index is 4.03. The SMILES string of the molecule is C=CN=C(C=C)Nc1nccs1. The van der Waals surface area contributed by atoms with E-state index in [4.69, 9.17) is 0 Å². The third-order valence-corrected chi connectivity index (χ3v) is 1.78. The van der Waals surface area contributed by atoms with Crippen LogP contribution in [0, 0.1) is 0 Å². The van der Waals surface area contributed by atoms with E-state index in [0.717, 1.165) is 5.13 Å². The minimum Gasteiger partial charge on any atom is -0.316 e. The first-order valence-electron chi connectivity index (χ1n) is 3.34. The molecule has 0 unspecified atom stereocenters. The van der Waals surface area contributed by atoms with Crippen LogP contribution in [0.4, 0.5) is 5.13 Å². The lowest BCUT2D eigenvalue weighted by Gasteiger charge is -1.98. The third kappa shape index (κ3) is 2.32. The molecule has 1 aromatic rings. The Morgan fingerprint density at radius 2 is 2.50 bits per heavy atom. The topological polar surface area (TPSA) is 37.3 Å². The van der Waals surface area contributed by atoms with Gasteiger partial charge in [-0.15, -0.1) is 11.3 Å². The van der Waals surface area contributed by atoms with Gasteiger partial charge in [-0.1, -0.05) is 13.2 Å². The highest BCUT2D eigenvalue weighted by molar-refractivity contribution is 7.13. The van der Waals surface area contributed by atoms with Gasteiger partial charge in [0.2, 0.25) is 0 Å². The maximum Gasteiger partial charge on any atom is 0.188 e. The molecule has 4 heteroatoms. The minimum atomic E-state index is 0.653. The zero-order chi connectivity index (χ0) is 8.81. The Balaban J connectivity index is 2.66. The van der Waals surface area contributed by atoms with E-state index in [0.29, 0.717) is 5.84 Å². The van der Waals surface area contributed by atoms with Gasteiger partial charge < -0.3 is 5.32 Å².